The monoisotopic (exact) mass is 380 g/mol. The molecule has 3 atom stereocenters. The van der Waals surface area contributed by atoms with Crippen molar-refractivity contribution < 1.29 is 14.4 Å². The fraction of sp³-hybridized carbons (Fsp3) is 0.476. The number of nitrogens with one attached hydrogen (secondary N) is 1. The molecular weight excluding hydrogens is 356 g/mol. The highest BCUT2D eigenvalue weighted by atomic mass is 16.5. The van der Waals surface area contributed by atoms with Gasteiger partial charge in [0.25, 0.3) is 0 Å². The van der Waals surface area contributed by atoms with Crippen molar-refractivity contribution in [2.24, 2.45) is 0 Å². The van der Waals surface area contributed by atoms with E-state index in [1.165, 1.54) is 0 Å². The molecule has 0 bridgehead atoms. The van der Waals surface area contributed by atoms with Gasteiger partial charge in [0.05, 0.1) is 28.9 Å². The average Bonchev–Trinajstić information content (AvgIpc) is 3.42. The summed E-state index contributed by atoms with van der Waals surface area (Å²) in [4.78, 5) is 16.7. The number of benzene rings is 1. The highest BCUT2D eigenvalue weighted by Gasteiger charge is 2.33. The van der Waals surface area contributed by atoms with Gasteiger partial charge in [-0.05, 0) is 57.2 Å². The lowest BCUT2D eigenvalue weighted by molar-refractivity contribution is -0.119. The molecule has 1 aliphatic carbocycles. The number of hydrogen-bond donors (Lipinski definition) is 2. The zero-order valence-electron chi connectivity index (χ0n) is 16.1. The summed E-state index contributed by atoms with van der Waals surface area (Å²) < 4.78 is 7.57. The summed E-state index contributed by atoms with van der Waals surface area (Å²) in [6, 6.07) is 6.38. The van der Waals surface area contributed by atoms with Crippen LogP contribution in [0.4, 0.5) is 0 Å². The lowest BCUT2D eigenvalue weighted by atomic mass is 10.0. The molecule has 1 amide bonds. The normalized spacial score (nSPS) is 25.0. The number of fused-ring (bicyclic) bond motifs is 1. The summed E-state index contributed by atoms with van der Waals surface area (Å²) in [6.07, 6.45) is 3.48. The second-order valence-electron chi connectivity index (χ2n) is 8.02. The predicted molar refractivity (Wildman–Crippen MR) is 104 cm³/mol. The maximum absolute atomic E-state index is 11.8. The van der Waals surface area contributed by atoms with Crippen LogP contribution in [-0.4, -0.2) is 31.8 Å². The number of aromatic nitrogens is 3. The fourth-order valence-corrected chi connectivity index (χ4v) is 4.77. The van der Waals surface area contributed by atoms with Crippen molar-refractivity contribution >= 4 is 16.9 Å². The van der Waals surface area contributed by atoms with E-state index in [0.29, 0.717) is 6.42 Å². The first-order valence-corrected chi connectivity index (χ1v) is 9.94. The molecular formula is C21H24N4O3. The lowest BCUT2D eigenvalue weighted by Gasteiger charge is -2.19. The minimum atomic E-state index is -0.268. The molecule has 2 N–H and O–H groups in total. The topological polar surface area (TPSA) is 93.2 Å². The Bertz CT molecular complexity index is 1050. The van der Waals surface area contributed by atoms with Gasteiger partial charge in [-0.2, -0.15) is 0 Å². The van der Waals surface area contributed by atoms with Gasteiger partial charge in [-0.15, -0.1) is 0 Å². The number of nitrogens with zero attached hydrogens (tertiary/aromatic N) is 3. The van der Waals surface area contributed by atoms with Crippen LogP contribution in [0.5, 0.6) is 0 Å². The SMILES string of the molecule is Cc1noc(C)c1-c1ccc2c(c1)nc(C1CCC(=O)N1)n2[C@@H]1CC[C@@H](O)C1. The molecule has 1 aliphatic heterocycles. The summed E-state index contributed by atoms with van der Waals surface area (Å²) in [5, 5.41) is 17.2. The second kappa shape index (κ2) is 6.44. The van der Waals surface area contributed by atoms with Crippen molar-refractivity contribution in [2.45, 2.75) is 64.1 Å². The highest BCUT2D eigenvalue weighted by molar-refractivity contribution is 5.84. The van der Waals surface area contributed by atoms with E-state index in [0.717, 1.165) is 65.1 Å². The quantitative estimate of drug-likeness (QED) is 0.727. The number of rotatable bonds is 3. The maximum atomic E-state index is 11.8. The Kier molecular flexibility index (Phi) is 4.01. The summed E-state index contributed by atoms with van der Waals surface area (Å²) in [5.74, 6) is 1.76. The standard InChI is InChI=1S/C21H24N4O3/c1-11-20(12(2)28-24-11)13-3-7-18-17(9-13)23-21(16-6-8-19(27)22-16)25(18)14-4-5-15(26)10-14/h3,7,9,14-16,26H,4-6,8,10H2,1-2H3,(H,22,27)/t14-,15-,16?/m1/s1. The van der Waals surface area contributed by atoms with Gasteiger partial charge in [0.2, 0.25) is 5.91 Å². The molecule has 2 aliphatic rings. The smallest absolute Gasteiger partial charge is 0.220 e. The molecule has 146 valence electrons. The van der Waals surface area contributed by atoms with Gasteiger partial charge in [0.1, 0.15) is 11.6 Å². The van der Waals surface area contributed by atoms with Crippen LogP contribution in [0, 0.1) is 13.8 Å². The molecule has 3 heterocycles. The summed E-state index contributed by atoms with van der Waals surface area (Å²) >= 11 is 0. The van der Waals surface area contributed by atoms with Crippen molar-refractivity contribution in [2.75, 3.05) is 0 Å². The third kappa shape index (κ3) is 2.73. The average molecular weight is 380 g/mol. The van der Waals surface area contributed by atoms with Crippen molar-refractivity contribution in [1.29, 1.82) is 0 Å². The molecule has 28 heavy (non-hydrogen) atoms. The summed E-state index contributed by atoms with van der Waals surface area (Å²) in [7, 11) is 0. The van der Waals surface area contributed by atoms with E-state index < -0.39 is 0 Å². The Hall–Kier alpha value is -2.67. The number of hydrogen-bond acceptors (Lipinski definition) is 5. The molecule has 2 fully saturated rings. The third-order valence-corrected chi connectivity index (χ3v) is 6.09. The number of aryl methyl sites for hydroxylation is 2. The van der Waals surface area contributed by atoms with E-state index in [4.69, 9.17) is 9.51 Å². The van der Waals surface area contributed by atoms with Crippen LogP contribution in [-0.2, 0) is 4.79 Å². The van der Waals surface area contributed by atoms with E-state index in [2.05, 4.69) is 33.2 Å². The Morgan fingerprint density at radius 2 is 2.11 bits per heavy atom. The van der Waals surface area contributed by atoms with Gasteiger partial charge in [0, 0.05) is 18.0 Å². The summed E-state index contributed by atoms with van der Waals surface area (Å²) in [6.45, 7) is 3.85. The van der Waals surface area contributed by atoms with Crippen LogP contribution < -0.4 is 5.32 Å². The fourth-order valence-electron chi connectivity index (χ4n) is 4.77. The molecule has 1 saturated carbocycles. The first-order chi connectivity index (χ1) is 13.5. The van der Waals surface area contributed by atoms with Crippen LogP contribution in [0.25, 0.3) is 22.2 Å². The first kappa shape index (κ1) is 17.4. The minimum absolute atomic E-state index is 0.0693. The largest absolute Gasteiger partial charge is 0.393 e. The second-order valence-corrected chi connectivity index (χ2v) is 8.02. The van der Waals surface area contributed by atoms with Gasteiger partial charge in [-0.3, -0.25) is 4.79 Å². The molecule has 3 aromatic rings. The van der Waals surface area contributed by atoms with Crippen LogP contribution in [0.2, 0.25) is 0 Å². The van der Waals surface area contributed by atoms with Crippen LogP contribution >= 0.6 is 0 Å². The van der Waals surface area contributed by atoms with E-state index in [-0.39, 0.29) is 24.1 Å². The molecule has 1 saturated heterocycles. The van der Waals surface area contributed by atoms with Crippen molar-refractivity contribution in [3.05, 3.63) is 35.5 Å². The number of carbonyl (C=O) groups is 1. The molecule has 2 aromatic heterocycles. The van der Waals surface area contributed by atoms with Crippen molar-refractivity contribution in [1.82, 2.24) is 20.0 Å². The van der Waals surface area contributed by atoms with Crippen LogP contribution in [0.3, 0.4) is 0 Å². The Labute approximate surface area is 162 Å². The Morgan fingerprint density at radius 1 is 1.25 bits per heavy atom. The number of carbonyl (C=O) groups excluding carboxylic acids is 1. The molecule has 1 unspecified atom stereocenters. The number of imidazole rings is 1. The summed E-state index contributed by atoms with van der Waals surface area (Å²) in [5.41, 5.74) is 4.84. The van der Waals surface area contributed by atoms with Crippen molar-refractivity contribution in [3.8, 4) is 11.1 Å². The van der Waals surface area contributed by atoms with E-state index >= 15 is 0 Å². The third-order valence-electron chi connectivity index (χ3n) is 6.09. The molecule has 7 nitrogen and oxygen atoms in total. The van der Waals surface area contributed by atoms with Crippen LogP contribution in [0.15, 0.2) is 22.7 Å². The zero-order chi connectivity index (χ0) is 19.4. The maximum Gasteiger partial charge on any atom is 0.220 e. The van der Waals surface area contributed by atoms with E-state index in [1.54, 1.807) is 0 Å². The number of amides is 1. The number of aliphatic hydroxyl groups is 1. The molecule has 0 spiro atoms. The van der Waals surface area contributed by atoms with Gasteiger partial charge < -0.3 is 19.5 Å². The van der Waals surface area contributed by atoms with E-state index in [9.17, 15) is 9.90 Å². The Balaban J connectivity index is 1.65. The minimum Gasteiger partial charge on any atom is -0.393 e. The van der Waals surface area contributed by atoms with Gasteiger partial charge in [-0.25, -0.2) is 4.98 Å². The van der Waals surface area contributed by atoms with Crippen molar-refractivity contribution in [3.63, 3.8) is 0 Å². The number of aliphatic hydroxyl groups excluding tert-OH is 1. The first-order valence-electron chi connectivity index (χ1n) is 9.94. The predicted octanol–water partition coefficient (Wildman–Crippen LogP) is 3.35. The molecule has 5 rings (SSSR count). The zero-order valence-corrected chi connectivity index (χ0v) is 16.1. The lowest BCUT2D eigenvalue weighted by Crippen LogP contribution is -2.23. The molecule has 1 aromatic carbocycles. The molecule has 0 radical (unpaired) electrons. The van der Waals surface area contributed by atoms with E-state index in [1.807, 2.05) is 13.8 Å². The Morgan fingerprint density at radius 3 is 2.75 bits per heavy atom. The van der Waals surface area contributed by atoms with Crippen LogP contribution in [0.1, 0.15) is 61.5 Å². The highest BCUT2D eigenvalue weighted by Crippen LogP contribution is 2.38. The van der Waals surface area contributed by atoms with Gasteiger partial charge in [-0.1, -0.05) is 11.2 Å². The van der Waals surface area contributed by atoms with Gasteiger partial charge in [0.15, 0.2) is 0 Å². The molecule has 7 heteroatoms. The van der Waals surface area contributed by atoms with Gasteiger partial charge >= 0.3 is 0 Å².